The van der Waals surface area contributed by atoms with Crippen LogP contribution in [0, 0.1) is 0 Å². The number of hydrogen-bond acceptors (Lipinski definition) is 4. The van der Waals surface area contributed by atoms with Crippen molar-refractivity contribution >= 4 is 17.7 Å². The quantitative estimate of drug-likeness (QED) is 0.853. The van der Waals surface area contributed by atoms with Gasteiger partial charge in [0.05, 0.1) is 5.70 Å². The van der Waals surface area contributed by atoms with Crippen LogP contribution in [0.4, 0.5) is 4.79 Å². The van der Waals surface area contributed by atoms with Crippen molar-refractivity contribution in [3.8, 4) is 0 Å². The van der Waals surface area contributed by atoms with Gasteiger partial charge in [0, 0.05) is 17.2 Å². The minimum absolute atomic E-state index is 0.0667. The van der Waals surface area contributed by atoms with Crippen molar-refractivity contribution in [2.75, 3.05) is 0 Å². The first-order valence-corrected chi connectivity index (χ1v) is 6.18. The molecule has 0 radical (unpaired) electrons. The van der Waals surface area contributed by atoms with Crippen LogP contribution < -0.4 is 5.32 Å². The molecule has 0 saturated carbocycles. The summed E-state index contributed by atoms with van der Waals surface area (Å²) in [5.41, 5.74) is -0.120. The van der Waals surface area contributed by atoms with Gasteiger partial charge in [-0.15, -0.1) is 0 Å². The van der Waals surface area contributed by atoms with Crippen molar-refractivity contribution in [2.24, 2.45) is 0 Å². The zero-order chi connectivity index (χ0) is 14.9. The molecule has 0 fully saturated rings. The van der Waals surface area contributed by atoms with Gasteiger partial charge < -0.3 is 4.74 Å². The fourth-order valence-corrected chi connectivity index (χ4v) is 1.82. The molecule has 5 heteroatoms. The van der Waals surface area contributed by atoms with Crippen LogP contribution in [0.15, 0.2) is 36.0 Å². The monoisotopic (exact) mass is 273 g/mol. The number of hydrogen-bond donors (Lipinski definition) is 1. The summed E-state index contributed by atoms with van der Waals surface area (Å²) in [6.45, 7) is 5.14. The van der Waals surface area contributed by atoms with Gasteiger partial charge in [-0.3, -0.25) is 14.9 Å². The number of alkyl carbamates (subject to hydrolysis) is 1. The molecule has 2 rings (SSSR count). The molecule has 1 aromatic carbocycles. The second-order valence-corrected chi connectivity index (χ2v) is 5.42. The summed E-state index contributed by atoms with van der Waals surface area (Å²) in [4.78, 5) is 35.7. The van der Waals surface area contributed by atoms with E-state index in [-0.39, 0.29) is 17.0 Å². The number of amides is 1. The third-order valence-electron chi connectivity index (χ3n) is 2.59. The van der Waals surface area contributed by atoms with Crippen molar-refractivity contribution < 1.29 is 19.1 Å². The summed E-state index contributed by atoms with van der Waals surface area (Å²) in [7, 11) is 0. The van der Waals surface area contributed by atoms with Crippen LogP contribution in [-0.4, -0.2) is 23.3 Å². The summed E-state index contributed by atoms with van der Waals surface area (Å²) in [6.07, 6.45) is 0.360. The normalized spacial score (nSPS) is 14.4. The predicted octanol–water partition coefficient (Wildman–Crippen LogP) is 2.47. The molecule has 1 aliphatic rings. The lowest BCUT2D eigenvalue weighted by molar-refractivity contribution is 0.0539. The van der Waals surface area contributed by atoms with E-state index >= 15 is 0 Å². The van der Waals surface area contributed by atoms with Gasteiger partial charge in [-0.05, 0) is 20.8 Å². The Morgan fingerprint density at radius 2 is 1.70 bits per heavy atom. The number of ether oxygens (including phenoxy) is 1. The highest BCUT2D eigenvalue weighted by atomic mass is 16.6. The number of carbonyl (C=O) groups is 3. The zero-order valence-electron chi connectivity index (χ0n) is 11.5. The average Bonchev–Trinajstić information content (AvgIpc) is 2.33. The Bertz CT molecular complexity index is 623. The fraction of sp³-hybridized carbons (Fsp3) is 0.267. The number of nitrogens with one attached hydrogen (secondary N) is 1. The third kappa shape index (κ3) is 2.93. The molecule has 20 heavy (non-hydrogen) atoms. The molecule has 1 N–H and O–H groups in total. The maximum Gasteiger partial charge on any atom is 0.412 e. The Morgan fingerprint density at radius 3 is 2.30 bits per heavy atom. The molecular weight excluding hydrogens is 258 g/mol. The summed E-state index contributed by atoms with van der Waals surface area (Å²) < 4.78 is 5.06. The lowest BCUT2D eigenvalue weighted by Crippen LogP contribution is -2.36. The van der Waals surface area contributed by atoms with Crippen molar-refractivity contribution in [1.29, 1.82) is 0 Å². The van der Waals surface area contributed by atoms with Gasteiger partial charge in [0.1, 0.15) is 5.60 Å². The topological polar surface area (TPSA) is 72.5 Å². The van der Waals surface area contributed by atoms with Crippen LogP contribution in [0.3, 0.4) is 0 Å². The summed E-state index contributed by atoms with van der Waals surface area (Å²) in [5, 5.41) is 2.33. The van der Waals surface area contributed by atoms with Gasteiger partial charge in [-0.25, -0.2) is 4.79 Å². The molecule has 0 bridgehead atoms. The lowest BCUT2D eigenvalue weighted by Gasteiger charge is -2.21. The molecule has 0 aliphatic heterocycles. The van der Waals surface area contributed by atoms with Crippen LogP contribution in [-0.2, 0) is 4.74 Å². The van der Waals surface area contributed by atoms with E-state index in [1.807, 2.05) is 0 Å². The predicted molar refractivity (Wildman–Crippen MR) is 72.6 cm³/mol. The van der Waals surface area contributed by atoms with Crippen LogP contribution in [0.2, 0.25) is 0 Å². The highest BCUT2D eigenvalue weighted by Crippen LogP contribution is 2.20. The van der Waals surface area contributed by atoms with E-state index in [1.165, 1.54) is 0 Å². The van der Waals surface area contributed by atoms with Crippen LogP contribution in [0.5, 0.6) is 0 Å². The summed E-state index contributed by atoms with van der Waals surface area (Å²) in [5.74, 6) is -0.711. The molecule has 0 atom stereocenters. The van der Waals surface area contributed by atoms with Gasteiger partial charge in [0.2, 0.25) is 5.78 Å². The zero-order valence-corrected chi connectivity index (χ0v) is 11.5. The molecular formula is C15H15NO4. The molecule has 1 aliphatic carbocycles. The van der Waals surface area contributed by atoms with Gasteiger partial charge >= 0.3 is 6.09 Å². The molecule has 0 aromatic heterocycles. The van der Waals surface area contributed by atoms with Crippen LogP contribution in [0.25, 0.3) is 0 Å². The number of carbonyl (C=O) groups excluding carboxylic acids is 3. The standard InChI is InChI=1S/C15H15NO4/c1-15(2,3)20-14(19)16-11-8-12(17)9-6-4-5-7-10(9)13(11)18/h4-8H,1-3H3,(H,16,19). The van der Waals surface area contributed by atoms with E-state index in [1.54, 1.807) is 45.0 Å². The minimum atomic E-state index is -0.760. The van der Waals surface area contributed by atoms with Gasteiger partial charge in [0.15, 0.2) is 5.78 Å². The number of ketones is 2. The van der Waals surface area contributed by atoms with E-state index in [4.69, 9.17) is 4.74 Å². The number of allylic oxidation sites excluding steroid dienone is 2. The average molecular weight is 273 g/mol. The SMILES string of the molecule is CC(C)(C)OC(=O)NC1=CC(=O)c2ccccc2C1=O. The Balaban J connectivity index is 2.21. The third-order valence-corrected chi connectivity index (χ3v) is 2.59. The largest absolute Gasteiger partial charge is 0.444 e. The van der Waals surface area contributed by atoms with Crippen molar-refractivity contribution in [1.82, 2.24) is 5.32 Å². The van der Waals surface area contributed by atoms with Gasteiger partial charge in [-0.2, -0.15) is 0 Å². The maximum atomic E-state index is 12.2. The van der Waals surface area contributed by atoms with Crippen molar-refractivity contribution in [2.45, 2.75) is 26.4 Å². The summed E-state index contributed by atoms with van der Waals surface area (Å²) >= 11 is 0. The summed E-state index contributed by atoms with van der Waals surface area (Å²) in [6, 6.07) is 6.49. The van der Waals surface area contributed by atoms with Gasteiger partial charge in [-0.1, -0.05) is 24.3 Å². The molecule has 0 heterocycles. The minimum Gasteiger partial charge on any atom is -0.444 e. The second-order valence-electron chi connectivity index (χ2n) is 5.42. The van der Waals surface area contributed by atoms with Crippen molar-refractivity contribution in [3.05, 3.63) is 47.2 Å². The number of rotatable bonds is 1. The smallest absolute Gasteiger partial charge is 0.412 e. The molecule has 1 amide bonds. The first-order valence-electron chi connectivity index (χ1n) is 6.18. The Hall–Kier alpha value is -2.43. The molecule has 5 nitrogen and oxygen atoms in total. The highest BCUT2D eigenvalue weighted by Gasteiger charge is 2.27. The van der Waals surface area contributed by atoms with Crippen LogP contribution >= 0.6 is 0 Å². The fourth-order valence-electron chi connectivity index (χ4n) is 1.82. The molecule has 0 spiro atoms. The van der Waals surface area contributed by atoms with E-state index in [9.17, 15) is 14.4 Å². The molecule has 104 valence electrons. The Labute approximate surface area is 116 Å². The number of Topliss-reactive ketones (excluding diaryl/α,β-unsaturated/α-hetero) is 1. The molecule has 1 aromatic rings. The first kappa shape index (κ1) is 14.0. The van der Waals surface area contributed by atoms with E-state index in [0.717, 1.165) is 6.08 Å². The number of benzene rings is 1. The van der Waals surface area contributed by atoms with E-state index in [0.29, 0.717) is 5.56 Å². The molecule has 0 unspecified atom stereocenters. The van der Waals surface area contributed by atoms with E-state index < -0.39 is 17.5 Å². The number of fused-ring (bicyclic) bond motifs is 1. The Morgan fingerprint density at radius 1 is 1.10 bits per heavy atom. The van der Waals surface area contributed by atoms with Crippen molar-refractivity contribution in [3.63, 3.8) is 0 Å². The van der Waals surface area contributed by atoms with Crippen LogP contribution in [0.1, 0.15) is 41.5 Å². The first-order chi connectivity index (χ1) is 9.28. The maximum absolute atomic E-state index is 12.2. The lowest BCUT2D eigenvalue weighted by atomic mass is 9.93. The van der Waals surface area contributed by atoms with E-state index in [2.05, 4.69) is 5.32 Å². The molecule has 0 saturated heterocycles. The highest BCUT2D eigenvalue weighted by molar-refractivity contribution is 6.24. The Kier molecular flexibility index (Phi) is 3.44. The van der Waals surface area contributed by atoms with Gasteiger partial charge in [0.25, 0.3) is 0 Å². The second kappa shape index (κ2) is 4.92.